The Morgan fingerprint density at radius 1 is 1.03 bits per heavy atom. The van der Waals surface area contributed by atoms with Crippen molar-refractivity contribution in [2.24, 2.45) is 0 Å². The number of aryl methyl sites for hydroxylation is 2. The highest BCUT2D eigenvalue weighted by molar-refractivity contribution is 5.94. The highest BCUT2D eigenvalue weighted by Gasteiger charge is 2.11. The van der Waals surface area contributed by atoms with Gasteiger partial charge in [-0.15, -0.1) is 0 Å². The molecule has 164 valence electrons. The summed E-state index contributed by atoms with van der Waals surface area (Å²) in [5.74, 6) is 1.19. The number of benzene rings is 3. The van der Waals surface area contributed by atoms with Crippen molar-refractivity contribution in [2.45, 2.75) is 40.2 Å². The number of carbonyl (C=O) groups is 1. The van der Waals surface area contributed by atoms with Gasteiger partial charge in [-0.05, 0) is 79.4 Å². The molecule has 0 spiro atoms. The molecule has 5 heteroatoms. The molecule has 0 atom stereocenters. The first-order valence-corrected chi connectivity index (χ1v) is 11.0. The van der Waals surface area contributed by atoms with Crippen LogP contribution in [0.15, 0.2) is 65.1 Å². The van der Waals surface area contributed by atoms with E-state index < -0.39 is 0 Å². The van der Waals surface area contributed by atoms with Crippen molar-refractivity contribution in [3.05, 3.63) is 82.9 Å². The Hall–Kier alpha value is -3.60. The van der Waals surface area contributed by atoms with Crippen LogP contribution in [0.25, 0.3) is 22.6 Å². The van der Waals surface area contributed by atoms with Crippen molar-refractivity contribution in [1.29, 1.82) is 0 Å². The largest absolute Gasteiger partial charge is 0.494 e. The van der Waals surface area contributed by atoms with Gasteiger partial charge in [0.15, 0.2) is 5.58 Å². The van der Waals surface area contributed by atoms with E-state index in [1.807, 2.05) is 48.5 Å². The number of ether oxygens (including phenoxy) is 1. The van der Waals surface area contributed by atoms with Crippen molar-refractivity contribution in [1.82, 2.24) is 10.3 Å². The molecule has 0 aliphatic rings. The molecular weight excluding hydrogens is 400 g/mol. The van der Waals surface area contributed by atoms with Crippen molar-refractivity contribution in [2.75, 3.05) is 6.61 Å². The molecule has 0 radical (unpaired) electrons. The second kappa shape index (κ2) is 9.69. The van der Waals surface area contributed by atoms with Crippen LogP contribution < -0.4 is 10.1 Å². The maximum absolute atomic E-state index is 12.6. The lowest BCUT2D eigenvalue weighted by atomic mass is 10.1. The summed E-state index contributed by atoms with van der Waals surface area (Å²) >= 11 is 0. The van der Waals surface area contributed by atoms with Gasteiger partial charge in [0.2, 0.25) is 5.89 Å². The quantitative estimate of drug-likeness (QED) is 0.338. The fourth-order valence-corrected chi connectivity index (χ4v) is 3.41. The highest BCUT2D eigenvalue weighted by Crippen LogP contribution is 2.26. The smallest absolute Gasteiger partial charge is 0.251 e. The van der Waals surface area contributed by atoms with E-state index in [4.69, 9.17) is 9.15 Å². The summed E-state index contributed by atoms with van der Waals surface area (Å²) in [6, 6.07) is 19.2. The highest BCUT2D eigenvalue weighted by atomic mass is 16.5. The molecule has 1 heterocycles. The van der Waals surface area contributed by atoms with E-state index in [1.165, 1.54) is 11.1 Å². The molecule has 0 bridgehead atoms. The lowest BCUT2D eigenvalue weighted by Gasteiger charge is -2.09. The van der Waals surface area contributed by atoms with Crippen LogP contribution in [0, 0.1) is 13.8 Å². The summed E-state index contributed by atoms with van der Waals surface area (Å²) in [6.45, 7) is 7.35. The summed E-state index contributed by atoms with van der Waals surface area (Å²) in [5, 5.41) is 2.97. The standard InChI is InChI=1S/C27H28N2O3/c1-4-5-13-31-23-8-6-7-22(16-23)26(30)28-17-20-9-11-21(12-10-20)27-29-24-14-18(2)19(3)15-25(24)32-27/h6-12,14-16H,4-5,13,17H2,1-3H3,(H,28,30). The molecule has 0 fully saturated rings. The SMILES string of the molecule is CCCCOc1cccc(C(=O)NCc2ccc(-c3nc4cc(C)c(C)cc4o3)cc2)c1. The Bertz CT molecular complexity index is 1190. The van der Waals surface area contributed by atoms with Crippen LogP contribution in [0.2, 0.25) is 0 Å². The van der Waals surface area contributed by atoms with E-state index in [0.29, 0.717) is 24.6 Å². The molecule has 1 amide bonds. The molecule has 0 unspecified atom stereocenters. The number of nitrogens with one attached hydrogen (secondary N) is 1. The third-order valence-corrected chi connectivity index (χ3v) is 5.52. The lowest BCUT2D eigenvalue weighted by molar-refractivity contribution is 0.0950. The monoisotopic (exact) mass is 428 g/mol. The number of aromatic nitrogens is 1. The van der Waals surface area contributed by atoms with E-state index in [2.05, 4.69) is 31.1 Å². The maximum atomic E-state index is 12.6. The number of rotatable bonds is 8. The Kier molecular flexibility index (Phi) is 6.55. The molecule has 0 aliphatic carbocycles. The van der Waals surface area contributed by atoms with Gasteiger partial charge in [0, 0.05) is 17.7 Å². The third kappa shape index (κ3) is 4.99. The van der Waals surface area contributed by atoms with E-state index in [-0.39, 0.29) is 5.91 Å². The fourth-order valence-electron chi connectivity index (χ4n) is 3.41. The van der Waals surface area contributed by atoms with Crippen LogP contribution in [0.4, 0.5) is 0 Å². The molecule has 32 heavy (non-hydrogen) atoms. The van der Waals surface area contributed by atoms with E-state index in [9.17, 15) is 4.79 Å². The fraction of sp³-hybridized carbons (Fsp3) is 0.259. The first kappa shape index (κ1) is 21.6. The average molecular weight is 429 g/mol. The predicted octanol–water partition coefficient (Wildman–Crippen LogP) is 6.22. The number of nitrogens with zero attached hydrogens (tertiary/aromatic N) is 1. The van der Waals surface area contributed by atoms with Gasteiger partial charge in [0.25, 0.3) is 5.91 Å². The van der Waals surface area contributed by atoms with Crippen LogP contribution in [-0.4, -0.2) is 17.5 Å². The lowest BCUT2D eigenvalue weighted by Crippen LogP contribution is -2.22. The van der Waals surface area contributed by atoms with Crippen LogP contribution in [0.5, 0.6) is 5.75 Å². The molecule has 0 saturated heterocycles. The topological polar surface area (TPSA) is 64.4 Å². The third-order valence-electron chi connectivity index (χ3n) is 5.52. The summed E-state index contributed by atoms with van der Waals surface area (Å²) < 4.78 is 11.6. The normalized spacial score (nSPS) is 11.0. The number of amides is 1. The van der Waals surface area contributed by atoms with Gasteiger partial charge in [-0.2, -0.15) is 0 Å². The first-order valence-electron chi connectivity index (χ1n) is 11.0. The minimum absolute atomic E-state index is 0.125. The average Bonchev–Trinajstić information content (AvgIpc) is 3.21. The molecular formula is C27H28N2O3. The number of unbranched alkanes of at least 4 members (excludes halogenated alkanes) is 1. The molecule has 3 aromatic carbocycles. The van der Waals surface area contributed by atoms with Gasteiger partial charge in [-0.1, -0.05) is 31.5 Å². The zero-order valence-corrected chi connectivity index (χ0v) is 18.8. The molecule has 4 aromatic rings. The number of oxazole rings is 1. The van der Waals surface area contributed by atoms with Crippen molar-refractivity contribution in [3.8, 4) is 17.2 Å². The Balaban J connectivity index is 1.39. The number of fused-ring (bicyclic) bond motifs is 1. The predicted molar refractivity (Wildman–Crippen MR) is 127 cm³/mol. The van der Waals surface area contributed by atoms with Crippen molar-refractivity contribution >= 4 is 17.0 Å². The molecule has 1 N–H and O–H groups in total. The zero-order valence-electron chi connectivity index (χ0n) is 18.8. The van der Waals surface area contributed by atoms with Crippen LogP contribution >= 0.6 is 0 Å². The van der Waals surface area contributed by atoms with Crippen LogP contribution in [-0.2, 0) is 6.54 Å². The number of hydrogen-bond donors (Lipinski definition) is 1. The van der Waals surface area contributed by atoms with E-state index >= 15 is 0 Å². The number of hydrogen-bond acceptors (Lipinski definition) is 4. The molecule has 0 aliphatic heterocycles. The second-order valence-corrected chi connectivity index (χ2v) is 8.03. The zero-order chi connectivity index (χ0) is 22.5. The minimum atomic E-state index is -0.125. The van der Waals surface area contributed by atoms with Gasteiger partial charge in [0.1, 0.15) is 11.3 Å². The van der Waals surface area contributed by atoms with Gasteiger partial charge < -0.3 is 14.5 Å². The Morgan fingerprint density at radius 3 is 2.59 bits per heavy atom. The van der Waals surface area contributed by atoms with Gasteiger partial charge in [-0.3, -0.25) is 4.79 Å². The molecule has 4 rings (SSSR count). The van der Waals surface area contributed by atoms with Crippen LogP contribution in [0.1, 0.15) is 46.8 Å². The summed E-state index contributed by atoms with van der Waals surface area (Å²) in [6.07, 6.45) is 2.07. The van der Waals surface area contributed by atoms with Crippen LogP contribution in [0.3, 0.4) is 0 Å². The summed E-state index contributed by atoms with van der Waals surface area (Å²) in [4.78, 5) is 17.2. The van der Waals surface area contributed by atoms with Crippen molar-refractivity contribution in [3.63, 3.8) is 0 Å². The molecule has 1 aromatic heterocycles. The van der Waals surface area contributed by atoms with Crippen molar-refractivity contribution < 1.29 is 13.9 Å². The van der Waals surface area contributed by atoms with Gasteiger partial charge in [0.05, 0.1) is 6.61 Å². The Labute approximate surface area is 188 Å². The number of carbonyl (C=O) groups excluding carboxylic acids is 1. The minimum Gasteiger partial charge on any atom is -0.494 e. The first-order chi connectivity index (χ1) is 15.5. The summed E-state index contributed by atoms with van der Waals surface area (Å²) in [7, 11) is 0. The van der Waals surface area contributed by atoms with E-state index in [1.54, 1.807) is 12.1 Å². The molecule has 5 nitrogen and oxygen atoms in total. The van der Waals surface area contributed by atoms with Gasteiger partial charge in [-0.25, -0.2) is 4.98 Å². The maximum Gasteiger partial charge on any atom is 0.251 e. The second-order valence-electron chi connectivity index (χ2n) is 8.03. The van der Waals surface area contributed by atoms with Gasteiger partial charge >= 0.3 is 0 Å². The van der Waals surface area contributed by atoms with E-state index in [0.717, 1.165) is 40.8 Å². The summed E-state index contributed by atoms with van der Waals surface area (Å²) in [5.41, 5.74) is 6.53. The Morgan fingerprint density at radius 2 is 1.81 bits per heavy atom. The molecule has 0 saturated carbocycles.